The molecule has 2 rings (SSSR count). The molecule has 0 atom stereocenters. The molecular weight excluding hydrogens is 246 g/mol. The van der Waals surface area contributed by atoms with Gasteiger partial charge in [0, 0.05) is 0 Å². The van der Waals surface area contributed by atoms with Crippen LogP contribution in [0.15, 0.2) is 18.2 Å². The van der Waals surface area contributed by atoms with Gasteiger partial charge in [-0.15, -0.1) is 0 Å². The standard InChI is InChI=1S/C18H29NO/c1-15-9-10-16(2)18(13-15)20-12-6-11-19-14-17-7-4-3-5-8-17/h9-10,13,17,19H,3-8,11-12,14H2,1-2H3. The second-order valence-corrected chi connectivity index (χ2v) is 6.18. The van der Waals surface area contributed by atoms with Gasteiger partial charge < -0.3 is 10.1 Å². The molecule has 0 amide bonds. The Bertz CT molecular complexity index is 396. The number of rotatable bonds is 7. The molecule has 1 aliphatic rings. The van der Waals surface area contributed by atoms with Gasteiger partial charge in [-0.2, -0.15) is 0 Å². The van der Waals surface area contributed by atoms with E-state index in [4.69, 9.17) is 4.74 Å². The van der Waals surface area contributed by atoms with Crippen LogP contribution in [0, 0.1) is 19.8 Å². The molecule has 1 aromatic carbocycles. The van der Waals surface area contributed by atoms with Crippen LogP contribution in [0.4, 0.5) is 0 Å². The van der Waals surface area contributed by atoms with Crippen LogP contribution in [-0.2, 0) is 0 Å². The summed E-state index contributed by atoms with van der Waals surface area (Å²) in [6, 6.07) is 6.39. The number of hydrogen-bond acceptors (Lipinski definition) is 2. The zero-order chi connectivity index (χ0) is 14.2. The summed E-state index contributed by atoms with van der Waals surface area (Å²) < 4.78 is 5.87. The Balaban J connectivity index is 1.56. The summed E-state index contributed by atoms with van der Waals surface area (Å²) in [5.74, 6) is 1.96. The Morgan fingerprint density at radius 3 is 2.75 bits per heavy atom. The van der Waals surface area contributed by atoms with Crippen LogP contribution in [0.2, 0.25) is 0 Å². The first-order chi connectivity index (χ1) is 9.75. The summed E-state index contributed by atoms with van der Waals surface area (Å²) in [6.07, 6.45) is 8.24. The van der Waals surface area contributed by atoms with Crippen molar-refractivity contribution < 1.29 is 4.74 Å². The van der Waals surface area contributed by atoms with Gasteiger partial charge in [0.05, 0.1) is 6.61 Å². The van der Waals surface area contributed by atoms with Crippen molar-refractivity contribution in [3.63, 3.8) is 0 Å². The van der Waals surface area contributed by atoms with Crippen molar-refractivity contribution in [2.24, 2.45) is 5.92 Å². The smallest absolute Gasteiger partial charge is 0.122 e. The third-order valence-corrected chi connectivity index (χ3v) is 4.26. The van der Waals surface area contributed by atoms with E-state index in [-0.39, 0.29) is 0 Å². The largest absolute Gasteiger partial charge is 0.493 e. The van der Waals surface area contributed by atoms with E-state index in [1.807, 2.05) is 0 Å². The SMILES string of the molecule is Cc1ccc(C)c(OCCCNCC2CCCCC2)c1. The van der Waals surface area contributed by atoms with Gasteiger partial charge >= 0.3 is 0 Å². The normalized spacial score (nSPS) is 16.3. The van der Waals surface area contributed by atoms with Gasteiger partial charge in [-0.25, -0.2) is 0 Å². The maximum atomic E-state index is 5.87. The summed E-state index contributed by atoms with van der Waals surface area (Å²) in [5, 5.41) is 3.59. The Labute approximate surface area is 123 Å². The third-order valence-electron chi connectivity index (χ3n) is 4.26. The lowest BCUT2D eigenvalue weighted by Crippen LogP contribution is -2.26. The van der Waals surface area contributed by atoms with E-state index < -0.39 is 0 Å². The average molecular weight is 275 g/mol. The second kappa shape index (κ2) is 8.31. The minimum Gasteiger partial charge on any atom is -0.493 e. The molecule has 1 fully saturated rings. The van der Waals surface area contributed by atoms with Crippen molar-refractivity contribution in [2.45, 2.75) is 52.4 Å². The minimum atomic E-state index is 0.808. The fourth-order valence-corrected chi connectivity index (χ4v) is 2.94. The van der Waals surface area contributed by atoms with Crippen molar-refractivity contribution >= 4 is 0 Å². The second-order valence-electron chi connectivity index (χ2n) is 6.18. The Kier molecular flexibility index (Phi) is 6.38. The molecule has 0 heterocycles. The summed E-state index contributed by atoms with van der Waals surface area (Å²) in [4.78, 5) is 0. The molecule has 0 aromatic heterocycles. The fourth-order valence-electron chi connectivity index (χ4n) is 2.94. The number of nitrogens with one attached hydrogen (secondary N) is 1. The molecule has 1 aliphatic carbocycles. The van der Waals surface area contributed by atoms with Gasteiger partial charge in [0.1, 0.15) is 5.75 Å². The van der Waals surface area contributed by atoms with Crippen LogP contribution in [0.25, 0.3) is 0 Å². The Morgan fingerprint density at radius 1 is 1.15 bits per heavy atom. The maximum Gasteiger partial charge on any atom is 0.122 e. The molecule has 0 radical (unpaired) electrons. The molecule has 1 N–H and O–H groups in total. The van der Waals surface area contributed by atoms with E-state index in [2.05, 4.69) is 37.4 Å². The number of ether oxygens (including phenoxy) is 1. The first-order valence-electron chi connectivity index (χ1n) is 8.16. The van der Waals surface area contributed by atoms with Crippen molar-refractivity contribution in [1.29, 1.82) is 0 Å². The highest BCUT2D eigenvalue weighted by molar-refractivity contribution is 5.35. The van der Waals surface area contributed by atoms with Crippen molar-refractivity contribution in [2.75, 3.05) is 19.7 Å². The van der Waals surface area contributed by atoms with Crippen LogP contribution in [0.3, 0.4) is 0 Å². The molecule has 1 saturated carbocycles. The van der Waals surface area contributed by atoms with E-state index in [1.54, 1.807) is 0 Å². The fraction of sp³-hybridized carbons (Fsp3) is 0.667. The zero-order valence-corrected chi connectivity index (χ0v) is 13.1. The lowest BCUT2D eigenvalue weighted by molar-refractivity contribution is 0.297. The summed E-state index contributed by atoms with van der Waals surface area (Å²) in [5.41, 5.74) is 2.49. The predicted octanol–water partition coefficient (Wildman–Crippen LogP) is 4.24. The van der Waals surface area contributed by atoms with Gasteiger partial charge in [0.25, 0.3) is 0 Å². The molecule has 0 spiro atoms. The van der Waals surface area contributed by atoms with Crippen molar-refractivity contribution in [3.05, 3.63) is 29.3 Å². The van der Waals surface area contributed by atoms with Gasteiger partial charge in [-0.1, -0.05) is 31.4 Å². The molecule has 0 aliphatic heterocycles. The van der Waals surface area contributed by atoms with Crippen molar-refractivity contribution in [3.8, 4) is 5.75 Å². The van der Waals surface area contributed by atoms with E-state index in [1.165, 1.54) is 49.8 Å². The minimum absolute atomic E-state index is 0.808. The van der Waals surface area contributed by atoms with E-state index in [0.29, 0.717) is 0 Å². The topological polar surface area (TPSA) is 21.3 Å². The van der Waals surface area contributed by atoms with Crippen LogP contribution >= 0.6 is 0 Å². The highest BCUT2D eigenvalue weighted by Gasteiger charge is 2.12. The van der Waals surface area contributed by atoms with Gasteiger partial charge in [0.2, 0.25) is 0 Å². The average Bonchev–Trinajstić information content (AvgIpc) is 2.47. The van der Waals surface area contributed by atoms with E-state index in [0.717, 1.165) is 31.2 Å². The molecule has 112 valence electrons. The zero-order valence-electron chi connectivity index (χ0n) is 13.1. The highest BCUT2D eigenvalue weighted by Crippen LogP contribution is 2.22. The van der Waals surface area contributed by atoms with Crippen LogP contribution in [0.5, 0.6) is 5.75 Å². The molecule has 2 nitrogen and oxygen atoms in total. The summed E-state index contributed by atoms with van der Waals surface area (Å²) >= 11 is 0. The van der Waals surface area contributed by atoms with Crippen LogP contribution in [0.1, 0.15) is 49.7 Å². The van der Waals surface area contributed by atoms with E-state index >= 15 is 0 Å². The third kappa shape index (κ3) is 5.16. The maximum absolute atomic E-state index is 5.87. The van der Waals surface area contributed by atoms with Crippen molar-refractivity contribution in [1.82, 2.24) is 5.32 Å². The quantitative estimate of drug-likeness (QED) is 0.751. The molecule has 0 unspecified atom stereocenters. The molecule has 0 bridgehead atoms. The number of aryl methyl sites for hydroxylation is 2. The number of hydrogen-bond donors (Lipinski definition) is 1. The first-order valence-corrected chi connectivity index (χ1v) is 8.16. The molecule has 20 heavy (non-hydrogen) atoms. The van der Waals surface area contributed by atoms with Gasteiger partial charge in [-0.3, -0.25) is 0 Å². The lowest BCUT2D eigenvalue weighted by atomic mass is 9.89. The number of benzene rings is 1. The highest BCUT2D eigenvalue weighted by atomic mass is 16.5. The molecular formula is C18H29NO. The summed E-state index contributed by atoms with van der Waals surface area (Å²) in [6.45, 7) is 7.29. The molecule has 2 heteroatoms. The Hall–Kier alpha value is -1.02. The lowest BCUT2D eigenvalue weighted by Gasteiger charge is -2.21. The van der Waals surface area contributed by atoms with Crippen LogP contribution in [-0.4, -0.2) is 19.7 Å². The first kappa shape index (κ1) is 15.4. The van der Waals surface area contributed by atoms with Gasteiger partial charge in [-0.05, 0) is 69.3 Å². The predicted molar refractivity (Wildman–Crippen MR) is 85.5 cm³/mol. The monoisotopic (exact) mass is 275 g/mol. The van der Waals surface area contributed by atoms with Gasteiger partial charge in [0.15, 0.2) is 0 Å². The summed E-state index contributed by atoms with van der Waals surface area (Å²) in [7, 11) is 0. The molecule has 0 saturated heterocycles. The Morgan fingerprint density at radius 2 is 1.95 bits per heavy atom. The van der Waals surface area contributed by atoms with E-state index in [9.17, 15) is 0 Å². The molecule has 1 aromatic rings. The van der Waals surface area contributed by atoms with Crippen LogP contribution < -0.4 is 10.1 Å².